The zero-order valence-corrected chi connectivity index (χ0v) is 18.8. The number of fused-ring (bicyclic) bond motifs is 2. The molecule has 4 aromatic carbocycles. The van der Waals surface area contributed by atoms with E-state index in [4.69, 9.17) is 11.3 Å². The number of benzene rings is 4. The molecule has 0 bridgehead atoms. The van der Waals surface area contributed by atoms with Crippen LogP contribution in [0.5, 0.6) is 0 Å². The van der Waals surface area contributed by atoms with Gasteiger partial charge in [-0.25, -0.2) is 27.0 Å². The molecule has 1 heterocycles. The summed E-state index contributed by atoms with van der Waals surface area (Å²) in [7, 11) is -2.88. The largest absolute Gasteiger partial charge is 0.465 e. The van der Waals surface area contributed by atoms with Crippen molar-refractivity contribution < 1.29 is 17.9 Å². The summed E-state index contributed by atoms with van der Waals surface area (Å²) >= 11 is 0. The topological polar surface area (TPSA) is 82.6 Å². The van der Waals surface area contributed by atoms with Crippen LogP contribution in [0.15, 0.2) is 89.8 Å². The van der Waals surface area contributed by atoms with E-state index in [2.05, 4.69) is 9.83 Å². The van der Waals surface area contributed by atoms with Crippen LogP contribution in [0.25, 0.3) is 38.0 Å². The minimum absolute atomic E-state index is 0.00385. The van der Waals surface area contributed by atoms with Crippen molar-refractivity contribution in [3.63, 3.8) is 0 Å². The lowest BCUT2D eigenvalue weighted by molar-refractivity contribution is 0.0601. The molecule has 7 nitrogen and oxygen atoms in total. The molecule has 0 aliphatic rings. The Morgan fingerprint density at radius 3 is 2.44 bits per heavy atom. The molecule has 166 valence electrons. The first-order valence-electron chi connectivity index (χ1n) is 10.3. The summed E-state index contributed by atoms with van der Waals surface area (Å²) in [6.07, 6.45) is 0. The lowest BCUT2D eigenvalue weighted by atomic mass is 10.0. The van der Waals surface area contributed by atoms with Crippen molar-refractivity contribution in [2.45, 2.75) is 4.90 Å². The molecule has 0 N–H and O–H groups in total. The average molecular weight is 468 g/mol. The van der Waals surface area contributed by atoms with Crippen LogP contribution in [0.3, 0.4) is 0 Å². The fraction of sp³-hybridized carbons (Fsp3) is 0.0385. The van der Waals surface area contributed by atoms with E-state index in [-0.39, 0.29) is 21.8 Å². The van der Waals surface area contributed by atoms with E-state index in [0.29, 0.717) is 16.8 Å². The maximum absolute atomic E-state index is 13.9. The van der Waals surface area contributed by atoms with Gasteiger partial charge < -0.3 is 4.74 Å². The molecule has 0 aliphatic carbocycles. The van der Waals surface area contributed by atoms with Crippen LogP contribution >= 0.6 is 0 Å². The van der Waals surface area contributed by atoms with E-state index in [1.807, 2.05) is 42.5 Å². The van der Waals surface area contributed by atoms with Crippen LogP contribution in [0.1, 0.15) is 10.4 Å². The fourth-order valence-electron chi connectivity index (χ4n) is 3.93. The van der Waals surface area contributed by atoms with Crippen molar-refractivity contribution in [3.05, 3.63) is 102 Å². The van der Waals surface area contributed by atoms with Gasteiger partial charge in [-0.2, -0.15) is 0 Å². The Labute approximate surface area is 195 Å². The highest BCUT2D eigenvalue weighted by molar-refractivity contribution is 7.90. The molecule has 0 atom stereocenters. The number of ether oxygens (including phenoxy) is 1. The van der Waals surface area contributed by atoms with Crippen molar-refractivity contribution in [2.75, 3.05) is 7.11 Å². The summed E-state index contributed by atoms with van der Waals surface area (Å²) in [6, 6.07) is 23.6. The SMILES string of the molecule is [C-]#[N+]c1ccc(S(=O)(=O)n2c(-c3cccc4ccccc34)nc3ccc(C(=O)OC)cc32)cc1. The van der Waals surface area contributed by atoms with E-state index in [1.165, 1.54) is 37.4 Å². The van der Waals surface area contributed by atoms with Gasteiger partial charge in [0.05, 0.1) is 35.2 Å². The molecule has 0 radical (unpaired) electrons. The normalized spacial score (nSPS) is 11.4. The fourth-order valence-corrected chi connectivity index (χ4v) is 5.39. The zero-order valence-electron chi connectivity index (χ0n) is 18.0. The number of methoxy groups -OCH3 is 1. The number of carbonyl (C=O) groups is 1. The predicted octanol–water partition coefficient (Wildman–Crippen LogP) is 5.43. The number of hydrogen-bond donors (Lipinski definition) is 0. The van der Waals surface area contributed by atoms with Crippen molar-refractivity contribution in [3.8, 4) is 11.4 Å². The van der Waals surface area contributed by atoms with Crippen LogP contribution in [0, 0.1) is 6.57 Å². The Hall–Kier alpha value is -4.48. The summed E-state index contributed by atoms with van der Waals surface area (Å²) in [5.74, 6) is -0.358. The number of hydrogen-bond acceptors (Lipinski definition) is 5. The third-order valence-electron chi connectivity index (χ3n) is 5.57. The van der Waals surface area contributed by atoms with Gasteiger partial charge >= 0.3 is 5.97 Å². The number of rotatable bonds is 4. The van der Waals surface area contributed by atoms with Crippen LogP contribution < -0.4 is 0 Å². The van der Waals surface area contributed by atoms with E-state index in [1.54, 1.807) is 12.1 Å². The lowest BCUT2D eigenvalue weighted by Crippen LogP contribution is -2.15. The third-order valence-corrected chi connectivity index (χ3v) is 7.29. The summed E-state index contributed by atoms with van der Waals surface area (Å²) < 4.78 is 33.8. The highest BCUT2D eigenvalue weighted by atomic mass is 32.2. The second kappa shape index (κ2) is 8.14. The minimum Gasteiger partial charge on any atom is -0.465 e. The Bertz CT molecular complexity index is 1730. The standard InChI is InChI=1S/C26H17N3O4S/c1-27-19-11-13-20(14-12-19)34(31,32)29-24-16-18(26(30)33-2)10-15-23(24)28-25(29)22-9-5-7-17-6-3-4-8-21(17)22/h3-16H,2H3. The summed E-state index contributed by atoms with van der Waals surface area (Å²) in [4.78, 5) is 20.2. The molecule has 0 saturated heterocycles. The van der Waals surface area contributed by atoms with Crippen LogP contribution in [-0.2, 0) is 14.8 Å². The van der Waals surface area contributed by atoms with Gasteiger partial charge in [-0.3, -0.25) is 0 Å². The summed E-state index contributed by atoms with van der Waals surface area (Å²) in [5.41, 5.74) is 1.84. The van der Waals surface area contributed by atoms with Crippen molar-refractivity contribution in [2.24, 2.45) is 0 Å². The number of aromatic nitrogens is 2. The minimum atomic E-state index is -4.14. The third kappa shape index (κ3) is 3.39. The van der Waals surface area contributed by atoms with Gasteiger partial charge in [0, 0.05) is 5.56 Å². The van der Waals surface area contributed by atoms with E-state index in [0.717, 1.165) is 14.7 Å². The van der Waals surface area contributed by atoms with Gasteiger partial charge in [0.15, 0.2) is 11.5 Å². The molecule has 0 aliphatic heterocycles. The highest BCUT2D eigenvalue weighted by Crippen LogP contribution is 2.34. The lowest BCUT2D eigenvalue weighted by Gasteiger charge is -2.13. The smallest absolute Gasteiger partial charge is 0.337 e. The predicted molar refractivity (Wildman–Crippen MR) is 129 cm³/mol. The molecule has 0 spiro atoms. The van der Waals surface area contributed by atoms with Crippen molar-refractivity contribution >= 4 is 43.5 Å². The molecule has 0 unspecified atom stereocenters. The van der Waals surface area contributed by atoms with Gasteiger partial charge in [-0.05, 0) is 29.0 Å². The molecule has 0 fully saturated rings. The zero-order chi connectivity index (χ0) is 23.9. The number of imidazole rings is 1. The Kier molecular flexibility index (Phi) is 5.11. The Balaban J connectivity index is 1.87. The number of nitrogens with zero attached hydrogens (tertiary/aromatic N) is 3. The first kappa shape index (κ1) is 21.4. The molecular formula is C26H17N3O4S. The number of esters is 1. The Morgan fingerprint density at radius 1 is 0.971 bits per heavy atom. The van der Waals surface area contributed by atoms with E-state index in [9.17, 15) is 13.2 Å². The second-order valence-corrected chi connectivity index (χ2v) is 9.32. The maximum Gasteiger partial charge on any atom is 0.337 e. The van der Waals surface area contributed by atoms with Gasteiger partial charge in [0.25, 0.3) is 10.0 Å². The summed E-state index contributed by atoms with van der Waals surface area (Å²) in [5, 5.41) is 1.78. The van der Waals surface area contributed by atoms with Crippen LogP contribution in [0.2, 0.25) is 0 Å². The van der Waals surface area contributed by atoms with Gasteiger partial charge in [-0.1, -0.05) is 66.7 Å². The molecular weight excluding hydrogens is 450 g/mol. The van der Waals surface area contributed by atoms with Crippen LogP contribution in [0.4, 0.5) is 5.69 Å². The molecule has 5 aromatic rings. The van der Waals surface area contributed by atoms with Gasteiger partial charge in [-0.15, -0.1) is 0 Å². The Morgan fingerprint density at radius 2 is 1.71 bits per heavy atom. The first-order chi connectivity index (χ1) is 16.4. The molecule has 0 amide bonds. The van der Waals surface area contributed by atoms with E-state index >= 15 is 0 Å². The van der Waals surface area contributed by atoms with Gasteiger partial charge in [0.2, 0.25) is 0 Å². The quantitative estimate of drug-likeness (QED) is 0.260. The van der Waals surface area contributed by atoms with E-state index < -0.39 is 16.0 Å². The molecule has 1 aromatic heterocycles. The molecule has 8 heteroatoms. The van der Waals surface area contributed by atoms with Crippen LogP contribution in [-0.4, -0.2) is 30.5 Å². The first-order valence-corrected chi connectivity index (χ1v) is 11.7. The van der Waals surface area contributed by atoms with Gasteiger partial charge in [0.1, 0.15) is 0 Å². The molecule has 0 saturated carbocycles. The molecule has 5 rings (SSSR count). The number of carbonyl (C=O) groups excluding carboxylic acids is 1. The second-order valence-electron chi connectivity index (χ2n) is 7.53. The van der Waals surface area contributed by atoms with Crippen molar-refractivity contribution in [1.29, 1.82) is 0 Å². The molecule has 34 heavy (non-hydrogen) atoms. The highest BCUT2D eigenvalue weighted by Gasteiger charge is 2.27. The monoisotopic (exact) mass is 467 g/mol. The average Bonchev–Trinajstić information content (AvgIpc) is 3.27. The summed E-state index contributed by atoms with van der Waals surface area (Å²) in [6.45, 7) is 7.14. The maximum atomic E-state index is 13.9. The van der Waals surface area contributed by atoms with Crippen molar-refractivity contribution in [1.82, 2.24) is 8.96 Å².